The Kier molecular flexibility index (Phi) is 2.79. The molecular formula is C11H14BrNO. The first-order chi connectivity index (χ1) is 6.68. The van der Waals surface area contributed by atoms with Crippen LogP contribution in [-0.4, -0.2) is 6.61 Å². The second-order valence-corrected chi connectivity index (χ2v) is 4.62. The Labute approximate surface area is 92.6 Å². The van der Waals surface area contributed by atoms with E-state index >= 15 is 0 Å². The van der Waals surface area contributed by atoms with E-state index in [1.165, 1.54) is 5.56 Å². The number of benzene rings is 1. The minimum atomic E-state index is 0.115. The van der Waals surface area contributed by atoms with Crippen LogP contribution in [0.15, 0.2) is 16.6 Å². The standard InChI is InChI=1S/C11H14BrNO/c1-7-5-8-10(13)3-2-4-14-11(8)9(12)6-7/h5-6,10H,2-4,13H2,1H3/t10-/m0/s1. The fourth-order valence-corrected chi connectivity index (χ4v) is 2.52. The van der Waals surface area contributed by atoms with Crippen LogP contribution in [0.25, 0.3) is 0 Å². The van der Waals surface area contributed by atoms with E-state index in [0.29, 0.717) is 0 Å². The molecule has 0 aliphatic carbocycles. The van der Waals surface area contributed by atoms with Crippen molar-refractivity contribution in [3.05, 3.63) is 27.7 Å². The number of hydrogen-bond donors (Lipinski definition) is 1. The third kappa shape index (κ3) is 1.79. The molecule has 1 heterocycles. The van der Waals surface area contributed by atoms with E-state index in [1.54, 1.807) is 0 Å². The lowest BCUT2D eigenvalue weighted by molar-refractivity contribution is 0.314. The SMILES string of the molecule is Cc1cc(Br)c2c(c1)[C@@H](N)CCCO2. The van der Waals surface area contributed by atoms with Gasteiger partial charge in [0, 0.05) is 11.6 Å². The van der Waals surface area contributed by atoms with Crippen LogP contribution in [0.1, 0.15) is 30.0 Å². The number of nitrogens with two attached hydrogens (primary N) is 1. The Morgan fingerprint density at radius 1 is 1.50 bits per heavy atom. The van der Waals surface area contributed by atoms with Crippen LogP contribution in [0.4, 0.5) is 0 Å². The molecule has 0 spiro atoms. The summed E-state index contributed by atoms with van der Waals surface area (Å²) in [5, 5.41) is 0. The molecule has 2 N–H and O–H groups in total. The van der Waals surface area contributed by atoms with Gasteiger partial charge in [0.1, 0.15) is 5.75 Å². The molecule has 1 aromatic rings. The Morgan fingerprint density at radius 2 is 2.29 bits per heavy atom. The van der Waals surface area contributed by atoms with E-state index in [0.717, 1.165) is 35.2 Å². The number of ether oxygens (including phenoxy) is 1. The van der Waals surface area contributed by atoms with Gasteiger partial charge in [-0.15, -0.1) is 0 Å². The van der Waals surface area contributed by atoms with E-state index in [-0.39, 0.29) is 6.04 Å². The van der Waals surface area contributed by atoms with Gasteiger partial charge in [0.2, 0.25) is 0 Å². The molecule has 0 amide bonds. The topological polar surface area (TPSA) is 35.2 Å². The van der Waals surface area contributed by atoms with E-state index in [9.17, 15) is 0 Å². The second kappa shape index (κ2) is 3.91. The molecule has 0 bridgehead atoms. The van der Waals surface area contributed by atoms with Crippen LogP contribution in [-0.2, 0) is 0 Å². The Morgan fingerprint density at radius 3 is 3.07 bits per heavy atom. The summed E-state index contributed by atoms with van der Waals surface area (Å²) < 4.78 is 6.70. The van der Waals surface area contributed by atoms with Gasteiger partial charge in [-0.2, -0.15) is 0 Å². The predicted molar refractivity (Wildman–Crippen MR) is 60.5 cm³/mol. The predicted octanol–water partition coefficient (Wildman–Crippen LogP) is 2.93. The number of hydrogen-bond acceptors (Lipinski definition) is 2. The number of halogens is 1. The van der Waals surface area contributed by atoms with E-state index in [2.05, 4.69) is 35.0 Å². The quantitative estimate of drug-likeness (QED) is 0.774. The molecule has 0 fully saturated rings. The molecule has 0 aromatic heterocycles. The van der Waals surface area contributed by atoms with Gasteiger partial charge in [-0.3, -0.25) is 0 Å². The molecule has 1 atom stereocenters. The van der Waals surface area contributed by atoms with Crippen LogP contribution in [0.5, 0.6) is 5.75 Å². The molecule has 2 rings (SSSR count). The lowest BCUT2D eigenvalue weighted by Gasteiger charge is -2.14. The molecule has 0 saturated heterocycles. The van der Waals surface area contributed by atoms with Gasteiger partial charge < -0.3 is 10.5 Å². The highest BCUT2D eigenvalue weighted by molar-refractivity contribution is 9.10. The molecule has 1 aliphatic heterocycles. The first-order valence-corrected chi connectivity index (χ1v) is 5.66. The molecule has 1 aromatic carbocycles. The molecule has 0 radical (unpaired) electrons. The maximum Gasteiger partial charge on any atom is 0.138 e. The van der Waals surface area contributed by atoms with Crippen molar-refractivity contribution in [2.75, 3.05) is 6.61 Å². The fourth-order valence-electron chi connectivity index (χ4n) is 1.82. The lowest BCUT2D eigenvalue weighted by atomic mass is 10.0. The Bertz CT molecular complexity index is 351. The summed E-state index contributed by atoms with van der Waals surface area (Å²) in [5.74, 6) is 0.931. The van der Waals surface area contributed by atoms with Crippen LogP contribution in [0.3, 0.4) is 0 Å². The average molecular weight is 256 g/mol. The summed E-state index contributed by atoms with van der Waals surface area (Å²) in [7, 11) is 0. The van der Waals surface area contributed by atoms with E-state index < -0.39 is 0 Å². The third-order valence-corrected chi connectivity index (χ3v) is 3.11. The minimum Gasteiger partial charge on any atom is -0.492 e. The maximum atomic E-state index is 6.08. The van der Waals surface area contributed by atoms with Crippen molar-refractivity contribution in [3.8, 4) is 5.75 Å². The smallest absolute Gasteiger partial charge is 0.138 e. The summed E-state index contributed by atoms with van der Waals surface area (Å²) in [4.78, 5) is 0. The second-order valence-electron chi connectivity index (χ2n) is 3.76. The van der Waals surface area contributed by atoms with E-state index in [4.69, 9.17) is 10.5 Å². The summed E-state index contributed by atoms with van der Waals surface area (Å²) in [5.41, 5.74) is 8.44. The zero-order valence-electron chi connectivity index (χ0n) is 8.22. The molecule has 3 heteroatoms. The average Bonchev–Trinajstić information content (AvgIpc) is 2.29. The highest BCUT2D eigenvalue weighted by atomic mass is 79.9. The van der Waals surface area contributed by atoms with Gasteiger partial charge in [-0.25, -0.2) is 0 Å². The largest absolute Gasteiger partial charge is 0.492 e. The fraction of sp³-hybridized carbons (Fsp3) is 0.455. The van der Waals surface area contributed by atoms with Crippen molar-refractivity contribution in [1.29, 1.82) is 0 Å². The van der Waals surface area contributed by atoms with Crippen LogP contribution in [0.2, 0.25) is 0 Å². The highest BCUT2D eigenvalue weighted by Gasteiger charge is 2.18. The molecule has 14 heavy (non-hydrogen) atoms. The molecule has 0 unspecified atom stereocenters. The van der Waals surface area contributed by atoms with E-state index in [1.807, 2.05) is 0 Å². The normalized spacial score (nSPS) is 20.9. The molecule has 1 aliphatic rings. The molecule has 2 nitrogen and oxygen atoms in total. The summed E-state index contributed by atoms with van der Waals surface area (Å²) in [6.45, 7) is 2.84. The van der Waals surface area contributed by atoms with Crippen LogP contribution >= 0.6 is 15.9 Å². The summed E-state index contributed by atoms with van der Waals surface area (Å²) >= 11 is 3.51. The molecule has 76 valence electrons. The number of fused-ring (bicyclic) bond motifs is 1. The van der Waals surface area contributed by atoms with Crippen LogP contribution < -0.4 is 10.5 Å². The van der Waals surface area contributed by atoms with Crippen molar-refractivity contribution >= 4 is 15.9 Å². The maximum absolute atomic E-state index is 6.08. The van der Waals surface area contributed by atoms with Crippen molar-refractivity contribution < 1.29 is 4.74 Å². The van der Waals surface area contributed by atoms with Crippen molar-refractivity contribution in [3.63, 3.8) is 0 Å². The first-order valence-electron chi connectivity index (χ1n) is 4.87. The van der Waals surface area contributed by atoms with Gasteiger partial charge in [0.15, 0.2) is 0 Å². The zero-order valence-corrected chi connectivity index (χ0v) is 9.80. The number of aryl methyl sites for hydroxylation is 1. The Balaban J connectivity index is 2.53. The molecule has 0 saturated carbocycles. The first kappa shape index (κ1) is 9.99. The van der Waals surface area contributed by atoms with Crippen LogP contribution in [0, 0.1) is 6.92 Å². The monoisotopic (exact) mass is 255 g/mol. The highest BCUT2D eigenvalue weighted by Crippen LogP contribution is 2.37. The minimum absolute atomic E-state index is 0.115. The van der Waals surface area contributed by atoms with Crippen molar-refractivity contribution in [1.82, 2.24) is 0 Å². The third-order valence-electron chi connectivity index (χ3n) is 2.52. The van der Waals surface area contributed by atoms with Crippen molar-refractivity contribution in [2.45, 2.75) is 25.8 Å². The van der Waals surface area contributed by atoms with Gasteiger partial charge in [0.25, 0.3) is 0 Å². The summed E-state index contributed by atoms with van der Waals surface area (Å²) in [6.07, 6.45) is 2.03. The van der Waals surface area contributed by atoms with Gasteiger partial charge in [-0.05, 0) is 47.3 Å². The van der Waals surface area contributed by atoms with Crippen molar-refractivity contribution in [2.24, 2.45) is 5.73 Å². The lowest BCUT2D eigenvalue weighted by Crippen LogP contribution is -2.09. The van der Waals surface area contributed by atoms with Gasteiger partial charge in [-0.1, -0.05) is 6.07 Å². The summed E-state index contributed by atoms with van der Waals surface area (Å²) in [6, 6.07) is 4.30. The van der Waals surface area contributed by atoms with Gasteiger partial charge >= 0.3 is 0 Å². The number of rotatable bonds is 0. The zero-order chi connectivity index (χ0) is 10.1. The Hall–Kier alpha value is -0.540. The van der Waals surface area contributed by atoms with Gasteiger partial charge in [0.05, 0.1) is 11.1 Å². The molecular weight excluding hydrogens is 242 g/mol.